The van der Waals surface area contributed by atoms with E-state index in [2.05, 4.69) is 24.3 Å². The third-order valence-corrected chi connectivity index (χ3v) is 2.50. The van der Waals surface area contributed by atoms with E-state index in [1.807, 2.05) is 11.6 Å². The van der Waals surface area contributed by atoms with E-state index >= 15 is 0 Å². The summed E-state index contributed by atoms with van der Waals surface area (Å²) in [7, 11) is 0. The molecule has 1 heterocycles. The van der Waals surface area contributed by atoms with Crippen LogP contribution < -0.4 is 11.1 Å². The Bertz CT molecular complexity index is 333. The second-order valence-corrected chi connectivity index (χ2v) is 4.24. The van der Waals surface area contributed by atoms with Crippen LogP contribution in [-0.4, -0.2) is 28.0 Å². The highest BCUT2D eigenvalue weighted by molar-refractivity contribution is 5.64. The first-order valence-corrected chi connectivity index (χ1v) is 5.77. The van der Waals surface area contributed by atoms with Crippen LogP contribution in [0.15, 0.2) is 0 Å². The predicted molar refractivity (Wildman–Crippen MR) is 66.6 cm³/mol. The van der Waals surface area contributed by atoms with Gasteiger partial charge in [-0.15, -0.1) is 0 Å². The van der Waals surface area contributed by atoms with Gasteiger partial charge in [-0.25, -0.2) is 4.68 Å². The fraction of sp³-hybridized carbons (Fsp3) is 0.727. The topological polar surface area (TPSA) is 76.1 Å². The molecule has 1 rings (SSSR count). The number of nitrogens with zero attached hydrogens (tertiary/aromatic N) is 2. The van der Waals surface area contributed by atoms with Crippen LogP contribution >= 0.6 is 0 Å². The predicted octanol–water partition coefficient (Wildman–Crippen LogP) is 1.54. The van der Waals surface area contributed by atoms with Crippen LogP contribution in [0.1, 0.15) is 38.4 Å². The maximum Gasteiger partial charge on any atom is 0.148 e. The van der Waals surface area contributed by atoms with Crippen molar-refractivity contribution in [3.63, 3.8) is 0 Å². The van der Waals surface area contributed by atoms with Crippen molar-refractivity contribution in [3.8, 4) is 0 Å². The quantitative estimate of drug-likeness (QED) is 0.643. The third-order valence-electron chi connectivity index (χ3n) is 2.50. The van der Waals surface area contributed by atoms with Gasteiger partial charge in [0, 0.05) is 19.2 Å². The summed E-state index contributed by atoms with van der Waals surface area (Å²) >= 11 is 0. The lowest BCUT2D eigenvalue weighted by Crippen LogP contribution is -2.12. The van der Waals surface area contributed by atoms with E-state index in [0.717, 1.165) is 36.6 Å². The van der Waals surface area contributed by atoms with Crippen molar-refractivity contribution >= 4 is 11.5 Å². The number of hydrogen-bond acceptors (Lipinski definition) is 4. The summed E-state index contributed by atoms with van der Waals surface area (Å²) in [4.78, 5) is 0. The molecule has 5 heteroatoms. The second kappa shape index (κ2) is 5.75. The van der Waals surface area contributed by atoms with Gasteiger partial charge >= 0.3 is 0 Å². The van der Waals surface area contributed by atoms with Gasteiger partial charge in [0.1, 0.15) is 5.82 Å². The molecule has 0 unspecified atom stereocenters. The molecule has 0 amide bonds. The van der Waals surface area contributed by atoms with Gasteiger partial charge in [0.05, 0.1) is 11.4 Å². The second-order valence-electron chi connectivity index (χ2n) is 4.24. The van der Waals surface area contributed by atoms with Crippen LogP contribution in [0.4, 0.5) is 11.5 Å². The Balaban J connectivity index is 2.69. The monoisotopic (exact) mass is 226 g/mol. The van der Waals surface area contributed by atoms with Crippen LogP contribution in [0.3, 0.4) is 0 Å². The van der Waals surface area contributed by atoms with Crippen molar-refractivity contribution in [3.05, 3.63) is 5.69 Å². The Hall–Kier alpha value is -1.23. The van der Waals surface area contributed by atoms with Crippen molar-refractivity contribution in [2.45, 2.75) is 39.7 Å². The van der Waals surface area contributed by atoms with E-state index < -0.39 is 0 Å². The Morgan fingerprint density at radius 3 is 2.69 bits per heavy atom. The number of nitrogens with two attached hydrogens (primary N) is 1. The van der Waals surface area contributed by atoms with E-state index in [4.69, 9.17) is 10.8 Å². The highest BCUT2D eigenvalue weighted by Gasteiger charge is 2.13. The van der Waals surface area contributed by atoms with E-state index in [1.54, 1.807) is 0 Å². The Morgan fingerprint density at radius 1 is 1.44 bits per heavy atom. The molecule has 0 radical (unpaired) electrons. The molecule has 0 spiro atoms. The summed E-state index contributed by atoms with van der Waals surface area (Å²) in [5.74, 6) is 0.894. The first-order valence-electron chi connectivity index (χ1n) is 5.77. The molecule has 92 valence electrons. The molecule has 1 aromatic heterocycles. The van der Waals surface area contributed by atoms with Crippen molar-refractivity contribution in [2.75, 3.05) is 24.2 Å². The molecule has 0 aliphatic heterocycles. The van der Waals surface area contributed by atoms with E-state index in [-0.39, 0.29) is 12.6 Å². The Morgan fingerprint density at radius 2 is 2.12 bits per heavy atom. The van der Waals surface area contributed by atoms with Gasteiger partial charge in [-0.1, -0.05) is 0 Å². The zero-order valence-electron chi connectivity index (χ0n) is 10.3. The van der Waals surface area contributed by atoms with Crippen LogP contribution in [0.2, 0.25) is 0 Å². The number of aromatic nitrogens is 2. The van der Waals surface area contributed by atoms with Crippen LogP contribution in [0.5, 0.6) is 0 Å². The van der Waals surface area contributed by atoms with Crippen molar-refractivity contribution < 1.29 is 5.11 Å². The zero-order chi connectivity index (χ0) is 12.1. The number of aliphatic hydroxyl groups excluding tert-OH is 1. The van der Waals surface area contributed by atoms with Crippen molar-refractivity contribution in [2.24, 2.45) is 0 Å². The summed E-state index contributed by atoms with van der Waals surface area (Å²) in [5, 5.41) is 16.4. The third kappa shape index (κ3) is 2.88. The fourth-order valence-electron chi connectivity index (χ4n) is 1.55. The minimum atomic E-state index is 0.236. The molecule has 4 N–H and O–H groups in total. The standard InChI is InChI=1S/C11H22N4O/c1-8(2)15-11(10(12)9(3)14-15)13-6-4-5-7-16/h8,13,16H,4-7,12H2,1-3H3. The van der Waals surface area contributed by atoms with Gasteiger partial charge in [0.15, 0.2) is 0 Å². The minimum absolute atomic E-state index is 0.236. The maximum atomic E-state index is 8.69. The number of nitrogen functional groups attached to an aromatic ring is 1. The SMILES string of the molecule is Cc1nn(C(C)C)c(NCCCCO)c1N. The first-order chi connectivity index (χ1) is 7.57. The molecule has 0 aliphatic carbocycles. The molecule has 1 aromatic rings. The van der Waals surface area contributed by atoms with Gasteiger partial charge in [-0.2, -0.15) is 5.10 Å². The number of anilines is 2. The highest BCUT2D eigenvalue weighted by atomic mass is 16.2. The van der Waals surface area contributed by atoms with Gasteiger partial charge in [0.2, 0.25) is 0 Å². The number of nitrogens with one attached hydrogen (secondary N) is 1. The van der Waals surface area contributed by atoms with E-state index in [1.165, 1.54) is 0 Å². The van der Waals surface area contributed by atoms with Gasteiger partial charge in [-0.3, -0.25) is 0 Å². The van der Waals surface area contributed by atoms with Crippen molar-refractivity contribution in [1.82, 2.24) is 9.78 Å². The molecule has 0 atom stereocenters. The number of unbranched alkanes of at least 4 members (excludes halogenated alkanes) is 1. The lowest BCUT2D eigenvalue weighted by Gasteiger charge is -2.13. The normalized spacial score (nSPS) is 11.1. The molecular formula is C11H22N4O. The number of aliphatic hydroxyl groups is 1. The lowest BCUT2D eigenvalue weighted by molar-refractivity contribution is 0.286. The van der Waals surface area contributed by atoms with E-state index in [0.29, 0.717) is 0 Å². The van der Waals surface area contributed by atoms with E-state index in [9.17, 15) is 0 Å². The summed E-state index contributed by atoms with van der Waals surface area (Å²) in [5.41, 5.74) is 7.54. The maximum absolute atomic E-state index is 8.69. The van der Waals surface area contributed by atoms with Crippen LogP contribution in [-0.2, 0) is 0 Å². The molecule has 16 heavy (non-hydrogen) atoms. The van der Waals surface area contributed by atoms with Gasteiger partial charge < -0.3 is 16.2 Å². The number of aryl methyl sites for hydroxylation is 1. The van der Waals surface area contributed by atoms with Gasteiger partial charge in [-0.05, 0) is 33.6 Å². The minimum Gasteiger partial charge on any atom is -0.396 e. The smallest absolute Gasteiger partial charge is 0.148 e. The molecule has 0 aliphatic rings. The lowest BCUT2D eigenvalue weighted by atomic mass is 10.3. The molecule has 5 nitrogen and oxygen atoms in total. The molecular weight excluding hydrogens is 204 g/mol. The Kier molecular flexibility index (Phi) is 4.61. The van der Waals surface area contributed by atoms with Crippen molar-refractivity contribution in [1.29, 1.82) is 0 Å². The average Bonchev–Trinajstić information content (AvgIpc) is 2.52. The van der Waals surface area contributed by atoms with Crippen LogP contribution in [0.25, 0.3) is 0 Å². The highest BCUT2D eigenvalue weighted by Crippen LogP contribution is 2.25. The van der Waals surface area contributed by atoms with Crippen LogP contribution in [0, 0.1) is 6.92 Å². The molecule has 0 bridgehead atoms. The summed E-state index contributed by atoms with van der Waals surface area (Å²) in [6, 6.07) is 0.288. The summed E-state index contributed by atoms with van der Waals surface area (Å²) < 4.78 is 1.91. The summed E-state index contributed by atoms with van der Waals surface area (Å²) in [6.45, 7) is 7.10. The number of hydrogen-bond donors (Lipinski definition) is 3. The molecule has 0 aromatic carbocycles. The molecule has 0 fully saturated rings. The largest absolute Gasteiger partial charge is 0.396 e. The first kappa shape index (κ1) is 12.8. The van der Waals surface area contributed by atoms with Gasteiger partial charge in [0.25, 0.3) is 0 Å². The number of rotatable bonds is 6. The molecule has 0 saturated carbocycles. The summed E-state index contributed by atoms with van der Waals surface area (Å²) in [6.07, 6.45) is 1.74. The Labute approximate surface area is 96.6 Å². The average molecular weight is 226 g/mol. The molecule has 0 saturated heterocycles. The fourth-order valence-corrected chi connectivity index (χ4v) is 1.55. The zero-order valence-corrected chi connectivity index (χ0v) is 10.3.